The highest BCUT2D eigenvalue weighted by Crippen LogP contribution is 2.19. The summed E-state index contributed by atoms with van der Waals surface area (Å²) in [6.45, 7) is 5.50. The molecule has 0 aromatic heterocycles. The molecule has 0 saturated heterocycles. The van der Waals surface area contributed by atoms with Crippen molar-refractivity contribution in [2.24, 2.45) is 0 Å². The van der Waals surface area contributed by atoms with Crippen LogP contribution in [0, 0.1) is 6.92 Å². The standard InChI is InChI=1S/C13H19NO3/c1-9-4-5-10(11(16)8-9)12(17)14-13(2,3)6-7-15/h4-5,8,15-16H,6-7H2,1-3H3,(H,14,17). The predicted octanol–water partition coefficient (Wildman–Crippen LogP) is 1.59. The summed E-state index contributed by atoms with van der Waals surface area (Å²) in [4.78, 5) is 11.9. The van der Waals surface area contributed by atoms with Crippen molar-refractivity contribution >= 4 is 5.91 Å². The lowest BCUT2D eigenvalue weighted by molar-refractivity contribution is 0.0897. The van der Waals surface area contributed by atoms with Gasteiger partial charge in [0.25, 0.3) is 5.91 Å². The van der Waals surface area contributed by atoms with Crippen molar-refractivity contribution in [2.45, 2.75) is 32.7 Å². The van der Waals surface area contributed by atoms with Gasteiger partial charge in [0.05, 0.1) is 5.56 Å². The largest absolute Gasteiger partial charge is 0.507 e. The molecule has 3 N–H and O–H groups in total. The zero-order chi connectivity index (χ0) is 13.1. The van der Waals surface area contributed by atoms with E-state index in [0.717, 1.165) is 5.56 Å². The van der Waals surface area contributed by atoms with E-state index < -0.39 is 5.54 Å². The number of benzene rings is 1. The Morgan fingerprint density at radius 1 is 1.41 bits per heavy atom. The van der Waals surface area contributed by atoms with Crippen LogP contribution in [0.5, 0.6) is 5.75 Å². The first kappa shape index (κ1) is 13.5. The predicted molar refractivity (Wildman–Crippen MR) is 66.1 cm³/mol. The number of rotatable bonds is 4. The monoisotopic (exact) mass is 237 g/mol. The maximum absolute atomic E-state index is 11.9. The summed E-state index contributed by atoms with van der Waals surface area (Å²) in [6, 6.07) is 4.91. The molecule has 17 heavy (non-hydrogen) atoms. The first-order chi connectivity index (χ1) is 7.85. The van der Waals surface area contributed by atoms with Gasteiger partial charge in [-0.15, -0.1) is 0 Å². The van der Waals surface area contributed by atoms with Crippen molar-refractivity contribution in [3.63, 3.8) is 0 Å². The number of nitrogens with one attached hydrogen (secondary N) is 1. The molecule has 0 aliphatic heterocycles. The van der Waals surface area contributed by atoms with Gasteiger partial charge in [0, 0.05) is 12.1 Å². The van der Waals surface area contributed by atoms with Crippen molar-refractivity contribution in [3.05, 3.63) is 29.3 Å². The summed E-state index contributed by atoms with van der Waals surface area (Å²) in [5, 5.41) is 21.3. The summed E-state index contributed by atoms with van der Waals surface area (Å²) < 4.78 is 0. The number of carbonyl (C=O) groups excluding carboxylic acids is 1. The van der Waals surface area contributed by atoms with Crippen LogP contribution in [0.3, 0.4) is 0 Å². The SMILES string of the molecule is Cc1ccc(C(=O)NC(C)(C)CCO)c(O)c1. The van der Waals surface area contributed by atoms with Crippen LogP contribution in [0.2, 0.25) is 0 Å². The lowest BCUT2D eigenvalue weighted by atomic mass is 10.00. The Bertz CT molecular complexity index is 413. The fourth-order valence-electron chi connectivity index (χ4n) is 1.55. The quantitative estimate of drug-likeness (QED) is 0.744. The molecular formula is C13H19NO3. The van der Waals surface area contributed by atoms with Crippen LogP contribution >= 0.6 is 0 Å². The van der Waals surface area contributed by atoms with Gasteiger partial charge in [-0.05, 0) is 44.9 Å². The second-order valence-corrected chi connectivity index (χ2v) is 4.83. The molecule has 0 radical (unpaired) electrons. The van der Waals surface area contributed by atoms with Gasteiger partial charge in [0.1, 0.15) is 5.75 Å². The summed E-state index contributed by atoms with van der Waals surface area (Å²) in [5.74, 6) is -0.358. The van der Waals surface area contributed by atoms with Crippen LogP contribution in [-0.4, -0.2) is 28.3 Å². The third-order valence-electron chi connectivity index (χ3n) is 2.59. The topological polar surface area (TPSA) is 69.6 Å². The van der Waals surface area contributed by atoms with E-state index in [-0.39, 0.29) is 23.8 Å². The van der Waals surface area contributed by atoms with Crippen molar-refractivity contribution in [3.8, 4) is 5.75 Å². The van der Waals surface area contributed by atoms with Crippen LogP contribution in [0.4, 0.5) is 0 Å². The molecule has 4 nitrogen and oxygen atoms in total. The fourth-order valence-corrected chi connectivity index (χ4v) is 1.55. The number of carbonyl (C=O) groups is 1. The Morgan fingerprint density at radius 2 is 2.06 bits per heavy atom. The van der Waals surface area contributed by atoms with Crippen molar-refractivity contribution in [1.82, 2.24) is 5.32 Å². The third-order valence-corrected chi connectivity index (χ3v) is 2.59. The summed E-state index contributed by atoms with van der Waals surface area (Å²) >= 11 is 0. The molecule has 0 fully saturated rings. The molecular weight excluding hydrogens is 218 g/mol. The minimum atomic E-state index is -0.497. The molecule has 0 aliphatic carbocycles. The zero-order valence-corrected chi connectivity index (χ0v) is 10.4. The molecule has 1 aromatic rings. The molecule has 0 spiro atoms. The van der Waals surface area contributed by atoms with E-state index in [1.54, 1.807) is 18.2 Å². The fraction of sp³-hybridized carbons (Fsp3) is 0.462. The maximum atomic E-state index is 11.9. The number of aryl methyl sites for hydroxylation is 1. The lowest BCUT2D eigenvalue weighted by Crippen LogP contribution is -2.44. The van der Waals surface area contributed by atoms with Crippen molar-refractivity contribution in [2.75, 3.05) is 6.61 Å². The van der Waals surface area contributed by atoms with Crippen LogP contribution in [-0.2, 0) is 0 Å². The van der Waals surface area contributed by atoms with Gasteiger partial charge in [0.2, 0.25) is 0 Å². The Hall–Kier alpha value is -1.55. The second kappa shape index (κ2) is 5.19. The van der Waals surface area contributed by atoms with E-state index in [2.05, 4.69) is 5.32 Å². The summed E-state index contributed by atoms with van der Waals surface area (Å²) in [7, 11) is 0. The lowest BCUT2D eigenvalue weighted by Gasteiger charge is -2.25. The number of aliphatic hydroxyl groups excluding tert-OH is 1. The van der Waals surface area contributed by atoms with Crippen LogP contribution in [0.25, 0.3) is 0 Å². The molecule has 1 amide bonds. The Labute approximate surface area is 101 Å². The van der Waals surface area contributed by atoms with Gasteiger partial charge in [-0.25, -0.2) is 0 Å². The Morgan fingerprint density at radius 3 is 2.59 bits per heavy atom. The highest BCUT2D eigenvalue weighted by Gasteiger charge is 2.21. The third kappa shape index (κ3) is 3.75. The minimum absolute atomic E-state index is 0.00710. The average molecular weight is 237 g/mol. The average Bonchev–Trinajstić information content (AvgIpc) is 2.15. The van der Waals surface area contributed by atoms with Crippen LogP contribution < -0.4 is 5.32 Å². The molecule has 0 heterocycles. The second-order valence-electron chi connectivity index (χ2n) is 4.83. The molecule has 0 unspecified atom stereocenters. The zero-order valence-electron chi connectivity index (χ0n) is 10.4. The van der Waals surface area contributed by atoms with Gasteiger partial charge >= 0.3 is 0 Å². The van der Waals surface area contributed by atoms with E-state index in [4.69, 9.17) is 5.11 Å². The van der Waals surface area contributed by atoms with E-state index >= 15 is 0 Å². The molecule has 1 aromatic carbocycles. The number of hydrogen-bond donors (Lipinski definition) is 3. The van der Waals surface area contributed by atoms with Crippen LogP contribution in [0.15, 0.2) is 18.2 Å². The smallest absolute Gasteiger partial charge is 0.255 e. The highest BCUT2D eigenvalue weighted by molar-refractivity contribution is 5.97. The van der Waals surface area contributed by atoms with E-state index in [1.807, 2.05) is 20.8 Å². The van der Waals surface area contributed by atoms with E-state index in [9.17, 15) is 9.90 Å². The molecule has 0 atom stereocenters. The van der Waals surface area contributed by atoms with E-state index in [1.165, 1.54) is 0 Å². The summed E-state index contributed by atoms with van der Waals surface area (Å²) in [5.41, 5.74) is 0.652. The number of phenolic OH excluding ortho intramolecular Hbond substituents is 1. The minimum Gasteiger partial charge on any atom is -0.507 e. The summed E-state index contributed by atoms with van der Waals surface area (Å²) in [6.07, 6.45) is 0.464. The normalized spacial score (nSPS) is 11.3. The number of aliphatic hydroxyl groups is 1. The van der Waals surface area contributed by atoms with E-state index in [0.29, 0.717) is 6.42 Å². The number of phenols is 1. The first-order valence-corrected chi connectivity index (χ1v) is 5.59. The first-order valence-electron chi connectivity index (χ1n) is 5.59. The Kier molecular flexibility index (Phi) is 4.12. The molecule has 94 valence electrons. The number of amides is 1. The number of hydrogen-bond acceptors (Lipinski definition) is 3. The van der Waals surface area contributed by atoms with Gasteiger partial charge in [0.15, 0.2) is 0 Å². The van der Waals surface area contributed by atoms with Gasteiger partial charge < -0.3 is 15.5 Å². The van der Waals surface area contributed by atoms with Crippen molar-refractivity contribution in [1.29, 1.82) is 0 Å². The maximum Gasteiger partial charge on any atom is 0.255 e. The van der Waals surface area contributed by atoms with Gasteiger partial charge in [-0.1, -0.05) is 6.07 Å². The van der Waals surface area contributed by atoms with Crippen LogP contribution in [0.1, 0.15) is 36.2 Å². The highest BCUT2D eigenvalue weighted by atomic mass is 16.3. The molecule has 0 saturated carbocycles. The number of aromatic hydroxyl groups is 1. The van der Waals surface area contributed by atoms with Gasteiger partial charge in [-0.3, -0.25) is 4.79 Å². The van der Waals surface area contributed by atoms with Crippen molar-refractivity contribution < 1.29 is 15.0 Å². The molecule has 0 aliphatic rings. The molecule has 0 bridgehead atoms. The van der Waals surface area contributed by atoms with Gasteiger partial charge in [-0.2, -0.15) is 0 Å². The molecule has 4 heteroatoms. The molecule has 1 rings (SSSR count). The Balaban J connectivity index is 2.83.